The summed E-state index contributed by atoms with van der Waals surface area (Å²) >= 11 is 7.71. The Kier molecular flexibility index (Phi) is 7.50. The molecule has 0 bridgehead atoms. The van der Waals surface area contributed by atoms with Gasteiger partial charge in [0.25, 0.3) is 5.91 Å². The van der Waals surface area contributed by atoms with E-state index < -0.39 is 22.6 Å². The summed E-state index contributed by atoms with van der Waals surface area (Å²) in [6.07, 6.45) is 10.1. The van der Waals surface area contributed by atoms with Crippen molar-refractivity contribution in [2.75, 3.05) is 36.0 Å². The summed E-state index contributed by atoms with van der Waals surface area (Å²) in [6.45, 7) is 1.30. The summed E-state index contributed by atoms with van der Waals surface area (Å²) in [7, 11) is 0. The van der Waals surface area contributed by atoms with Crippen LogP contribution in [0, 0.1) is 11.8 Å². The summed E-state index contributed by atoms with van der Waals surface area (Å²) in [5.74, 6) is -1.60. The fourth-order valence-electron chi connectivity index (χ4n) is 6.64. The van der Waals surface area contributed by atoms with Gasteiger partial charge in [0.2, 0.25) is 11.8 Å². The van der Waals surface area contributed by atoms with Crippen LogP contribution in [0.1, 0.15) is 19.3 Å². The molecule has 1 unspecified atom stereocenters. The standard InChI is InChI=1S/C31H32ClN3O4S/c32-21-12-14-23(15-13-21)34-19-8-16-31-26(29(38)35(27(31)30(34)39)17-5-2-6-20-36)25-24(40-31)11-7-18-33(28(25)37)22-9-3-1-4-10-22/h1,3-4,7-16,24-27,36H,2,5-6,17-20H2/t24-,25+,26+,27?,31+/m1/s1. The minimum atomic E-state index is -0.860. The third kappa shape index (κ3) is 4.46. The van der Waals surface area contributed by atoms with Crippen LogP contribution in [0.15, 0.2) is 78.9 Å². The molecule has 1 N–H and O–H groups in total. The molecule has 9 heteroatoms. The van der Waals surface area contributed by atoms with Crippen LogP contribution in [0.2, 0.25) is 5.02 Å². The number of halogens is 1. The van der Waals surface area contributed by atoms with Gasteiger partial charge in [-0.2, -0.15) is 0 Å². The van der Waals surface area contributed by atoms with Gasteiger partial charge < -0.3 is 19.8 Å². The van der Waals surface area contributed by atoms with Crippen molar-refractivity contribution in [3.8, 4) is 0 Å². The first-order valence-electron chi connectivity index (χ1n) is 13.8. The Balaban J connectivity index is 1.41. The number of unbranched alkanes of at least 4 members (excludes halogenated alkanes) is 2. The predicted molar refractivity (Wildman–Crippen MR) is 158 cm³/mol. The number of rotatable bonds is 7. The van der Waals surface area contributed by atoms with Crippen molar-refractivity contribution >= 4 is 52.5 Å². The number of likely N-dealkylation sites (tertiary alicyclic amines) is 1. The second-order valence-electron chi connectivity index (χ2n) is 10.7. The lowest BCUT2D eigenvalue weighted by molar-refractivity contribution is -0.138. The van der Waals surface area contributed by atoms with Crippen LogP contribution < -0.4 is 9.80 Å². The lowest BCUT2D eigenvalue weighted by atomic mass is 9.78. The molecule has 5 atom stereocenters. The zero-order valence-corrected chi connectivity index (χ0v) is 23.6. The third-order valence-electron chi connectivity index (χ3n) is 8.42. The number of hydrogen-bond donors (Lipinski definition) is 1. The highest BCUT2D eigenvalue weighted by atomic mass is 35.5. The second kappa shape index (κ2) is 11.1. The van der Waals surface area contributed by atoms with E-state index in [9.17, 15) is 19.5 Å². The van der Waals surface area contributed by atoms with Crippen molar-refractivity contribution in [1.82, 2.24) is 4.90 Å². The highest BCUT2D eigenvalue weighted by molar-refractivity contribution is 8.02. The molecule has 4 aliphatic heterocycles. The maximum absolute atomic E-state index is 14.4. The Bertz CT molecular complexity index is 1350. The zero-order chi connectivity index (χ0) is 27.9. The van der Waals surface area contributed by atoms with Gasteiger partial charge in [0.15, 0.2) is 0 Å². The molecule has 4 heterocycles. The Labute approximate surface area is 243 Å². The van der Waals surface area contributed by atoms with Crippen LogP contribution in [0.25, 0.3) is 0 Å². The summed E-state index contributed by atoms with van der Waals surface area (Å²) in [5.41, 5.74) is 1.52. The number of aliphatic hydroxyl groups is 1. The molecule has 2 aromatic carbocycles. The SMILES string of the molecule is O=C1C2N(CCCCCO)C(=O)[C@@H]3[C@H]4C(=O)N(c5ccccc5)CC=C[C@H]4S[C@]23C=CCN1c1ccc(Cl)cc1. The maximum atomic E-state index is 14.4. The normalized spacial score (nSPS) is 29.4. The van der Waals surface area contributed by atoms with Crippen LogP contribution in [0.5, 0.6) is 0 Å². The van der Waals surface area contributed by atoms with Gasteiger partial charge in [0.05, 0.1) is 16.6 Å². The van der Waals surface area contributed by atoms with Crippen molar-refractivity contribution in [3.63, 3.8) is 0 Å². The van der Waals surface area contributed by atoms with E-state index in [0.717, 1.165) is 17.8 Å². The quantitative estimate of drug-likeness (QED) is 0.392. The van der Waals surface area contributed by atoms with Crippen LogP contribution in [-0.2, 0) is 14.4 Å². The highest BCUT2D eigenvalue weighted by Gasteiger charge is 2.71. The van der Waals surface area contributed by atoms with Crippen LogP contribution in [-0.4, -0.2) is 70.0 Å². The van der Waals surface area contributed by atoms with Crippen LogP contribution in [0.3, 0.4) is 0 Å². The van der Waals surface area contributed by atoms with Gasteiger partial charge >= 0.3 is 0 Å². The van der Waals surface area contributed by atoms with Gasteiger partial charge in [0, 0.05) is 47.9 Å². The van der Waals surface area contributed by atoms with Gasteiger partial charge in [-0.15, -0.1) is 11.8 Å². The number of aliphatic hydroxyl groups excluding tert-OH is 1. The first-order valence-corrected chi connectivity index (χ1v) is 15.1. The van der Waals surface area contributed by atoms with Crippen LogP contribution in [0.4, 0.5) is 11.4 Å². The lowest BCUT2D eigenvalue weighted by Gasteiger charge is -2.35. The number of nitrogens with zero attached hydrogens (tertiary/aromatic N) is 3. The largest absolute Gasteiger partial charge is 0.396 e. The number of hydrogen-bond acceptors (Lipinski definition) is 5. The molecular formula is C31H32ClN3O4S. The molecule has 0 radical (unpaired) electrons. The number of anilines is 2. The van der Waals surface area contributed by atoms with E-state index in [1.807, 2.05) is 60.7 Å². The fourth-order valence-corrected chi connectivity index (χ4v) is 8.77. The Morgan fingerprint density at radius 2 is 1.55 bits per heavy atom. The van der Waals surface area contributed by atoms with E-state index in [0.29, 0.717) is 37.5 Å². The molecule has 4 aliphatic rings. The molecule has 0 aliphatic carbocycles. The molecule has 1 spiro atoms. The number of benzene rings is 2. The molecule has 2 saturated heterocycles. The molecule has 2 aromatic rings. The first kappa shape index (κ1) is 27.1. The van der Waals surface area contributed by atoms with Gasteiger partial charge in [-0.05, 0) is 55.7 Å². The summed E-state index contributed by atoms with van der Waals surface area (Å²) in [5, 5.41) is 9.65. The lowest BCUT2D eigenvalue weighted by Crippen LogP contribution is -2.53. The van der Waals surface area contributed by atoms with Crippen molar-refractivity contribution < 1.29 is 19.5 Å². The van der Waals surface area contributed by atoms with E-state index in [-0.39, 0.29) is 29.6 Å². The molecule has 0 saturated carbocycles. The fraction of sp³-hybridized carbons (Fsp3) is 0.387. The minimum absolute atomic E-state index is 0.0792. The monoisotopic (exact) mass is 577 g/mol. The van der Waals surface area contributed by atoms with E-state index in [1.165, 1.54) is 0 Å². The number of thioether (sulfide) groups is 1. The average Bonchev–Trinajstić information content (AvgIpc) is 3.27. The average molecular weight is 578 g/mol. The number of carbonyl (C=O) groups excluding carboxylic acids is 3. The van der Waals surface area contributed by atoms with E-state index in [4.69, 9.17) is 11.6 Å². The topological polar surface area (TPSA) is 81.2 Å². The molecular weight excluding hydrogens is 546 g/mol. The maximum Gasteiger partial charge on any atom is 0.251 e. The number of fused-ring (bicyclic) bond motifs is 2. The van der Waals surface area contributed by atoms with Crippen LogP contribution >= 0.6 is 23.4 Å². The van der Waals surface area contributed by atoms with Crippen molar-refractivity contribution in [2.45, 2.75) is 35.3 Å². The first-order chi connectivity index (χ1) is 19.5. The smallest absolute Gasteiger partial charge is 0.251 e. The predicted octanol–water partition coefficient (Wildman–Crippen LogP) is 4.31. The molecule has 208 valence electrons. The van der Waals surface area contributed by atoms with E-state index >= 15 is 0 Å². The zero-order valence-electron chi connectivity index (χ0n) is 22.1. The van der Waals surface area contributed by atoms with Gasteiger partial charge in [-0.25, -0.2) is 0 Å². The molecule has 3 amide bonds. The second-order valence-corrected chi connectivity index (χ2v) is 12.6. The van der Waals surface area contributed by atoms with Gasteiger partial charge in [-0.3, -0.25) is 14.4 Å². The summed E-state index contributed by atoms with van der Waals surface area (Å²) < 4.78 is -0.860. The highest BCUT2D eigenvalue weighted by Crippen LogP contribution is 2.61. The van der Waals surface area contributed by atoms with Gasteiger partial charge in [0.1, 0.15) is 6.04 Å². The Morgan fingerprint density at radius 1 is 0.850 bits per heavy atom. The number of amides is 3. The Hall–Kier alpha value is -3.07. The van der Waals surface area contributed by atoms with Crippen molar-refractivity contribution in [2.24, 2.45) is 11.8 Å². The molecule has 40 heavy (non-hydrogen) atoms. The van der Waals surface area contributed by atoms with E-state index in [1.54, 1.807) is 38.6 Å². The van der Waals surface area contributed by atoms with Crippen molar-refractivity contribution in [1.29, 1.82) is 0 Å². The molecule has 7 nitrogen and oxygen atoms in total. The van der Waals surface area contributed by atoms with Gasteiger partial charge in [-0.1, -0.05) is 54.1 Å². The summed E-state index contributed by atoms with van der Waals surface area (Å²) in [4.78, 5) is 48.2. The minimum Gasteiger partial charge on any atom is -0.396 e. The summed E-state index contributed by atoms with van der Waals surface area (Å²) in [6, 6.07) is 16.0. The third-order valence-corrected chi connectivity index (χ3v) is 10.4. The number of carbonyl (C=O) groups is 3. The van der Waals surface area contributed by atoms with E-state index in [2.05, 4.69) is 6.08 Å². The molecule has 0 aromatic heterocycles. The van der Waals surface area contributed by atoms with Crippen molar-refractivity contribution in [3.05, 3.63) is 83.9 Å². The number of para-hydroxylation sites is 1. The molecule has 2 fully saturated rings. The molecule has 6 rings (SSSR count). The Morgan fingerprint density at radius 3 is 2.30 bits per heavy atom.